The molecule has 2 aromatic heterocycles. The Morgan fingerprint density at radius 3 is 1.40 bits per heavy atom. The average Bonchev–Trinajstić information content (AvgIpc) is 3.74. The second-order valence-electron chi connectivity index (χ2n) is 13.8. The van der Waals surface area contributed by atoms with Gasteiger partial charge in [-0.05, 0) is 100 Å². The summed E-state index contributed by atoms with van der Waals surface area (Å²) in [7, 11) is 0. The van der Waals surface area contributed by atoms with Crippen LogP contribution >= 0.6 is 0 Å². The molecule has 0 fully saturated rings. The fraction of sp³-hybridized carbons (Fsp3) is 0. The molecule has 53 heavy (non-hydrogen) atoms. The molecule has 3 nitrogen and oxygen atoms in total. The number of anilines is 3. The molecule has 248 valence electrons. The highest BCUT2D eigenvalue weighted by Crippen LogP contribution is 2.41. The minimum Gasteiger partial charge on any atom is -0.310 e. The fourth-order valence-electron chi connectivity index (χ4n) is 8.49. The molecule has 0 radical (unpaired) electrons. The molecule has 0 aliphatic rings. The predicted octanol–water partition coefficient (Wildman–Crippen LogP) is 13.7. The molecule has 0 bridgehead atoms. The van der Waals surface area contributed by atoms with Gasteiger partial charge in [0.1, 0.15) is 0 Å². The molecule has 11 rings (SSSR count). The van der Waals surface area contributed by atoms with Gasteiger partial charge in [-0.15, -0.1) is 0 Å². The van der Waals surface area contributed by atoms with Gasteiger partial charge in [0.25, 0.3) is 0 Å². The zero-order valence-corrected chi connectivity index (χ0v) is 28.9. The smallest absolute Gasteiger partial charge is 0.0561 e. The Balaban J connectivity index is 1.09. The molecule has 0 unspecified atom stereocenters. The molecular weight excluding hydrogens is 643 g/mol. The van der Waals surface area contributed by atoms with Crippen LogP contribution < -0.4 is 4.90 Å². The molecule has 0 N–H and O–H groups in total. The first-order chi connectivity index (χ1) is 26.3. The van der Waals surface area contributed by atoms with Gasteiger partial charge in [0.05, 0.1) is 22.1 Å². The third-order valence-electron chi connectivity index (χ3n) is 10.9. The molecule has 0 aliphatic heterocycles. The van der Waals surface area contributed by atoms with Crippen LogP contribution in [0, 0.1) is 0 Å². The third-order valence-corrected chi connectivity index (χ3v) is 10.9. The second kappa shape index (κ2) is 11.7. The Morgan fingerprint density at radius 1 is 0.264 bits per heavy atom. The summed E-state index contributed by atoms with van der Waals surface area (Å²) in [4.78, 5) is 2.36. The summed E-state index contributed by atoms with van der Waals surface area (Å²) in [6.45, 7) is 0. The van der Waals surface area contributed by atoms with E-state index < -0.39 is 0 Å². The van der Waals surface area contributed by atoms with E-state index in [4.69, 9.17) is 0 Å². The van der Waals surface area contributed by atoms with Gasteiger partial charge in [0, 0.05) is 50.0 Å². The van der Waals surface area contributed by atoms with Crippen molar-refractivity contribution < 1.29 is 0 Å². The van der Waals surface area contributed by atoms with Crippen LogP contribution in [0.3, 0.4) is 0 Å². The van der Waals surface area contributed by atoms with Gasteiger partial charge in [0.2, 0.25) is 0 Å². The van der Waals surface area contributed by atoms with Crippen LogP contribution in [0.25, 0.3) is 76.5 Å². The van der Waals surface area contributed by atoms with Gasteiger partial charge in [-0.3, -0.25) is 0 Å². The van der Waals surface area contributed by atoms with Gasteiger partial charge < -0.3 is 14.0 Å². The molecule has 0 saturated heterocycles. The van der Waals surface area contributed by atoms with Crippen LogP contribution in [0.4, 0.5) is 17.1 Å². The molecule has 0 saturated carbocycles. The van der Waals surface area contributed by atoms with E-state index in [-0.39, 0.29) is 0 Å². The van der Waals surface area contributed by atoms with Gasteiger partial charge in [-0.2, -0.15) is 0 Å². The minimum absolute atomic E-state index is 1.10. The molecule has 9 aromatic carbocycles. The van der Waals surface area contributed by atoms with Gasteiger partial charge in [-0.1, -0.05) is 121 Å². The number of rotatable bonds is 5. The molecular formula is C50H33N3. The Bertz CT molecular complexity index is 3110. The average molecular weight is 676 g/mol. The first-order valence-electron chi connectivity index (χ1n) is 18.2. The lowest BCUT2D eigenvalue weighted by atomic mass is 10.0. The van der Waals surface area contributed by atoms with Crippen molar-refractivity contribution in [2.45, 2.75) is 0 Å². The maximum atomic E-state index is 2.43. The first kappa shape index (κ1) is 29.6. The minimum atomic E-state index is 1.10. The van der Waals surface area contributed by atoms with E-state index in [2.05, 4.69) is 214 Å². The molecule has 0 spiro atoms. The standard InChI is InChI=1S/C50H33N3/c1-2-13-36(14-3-1)51(37-24-26-38(27-25-37)52-47-19-9-6-16-43(47)44-17-7-10-20-48(44)52)40-29-31-46-45-18-8-11-21-49(45)53(50(46)33-40)39-28-30-42-35(32-39)23-22-34-12-4-5-15-41(34)42/h1-33H. The molecule has 0 amide bonds. The normalized spacial score (nSPS) is 11.8. The first-order valence-corrected chi connectivity index (χ1v) is 18.2. The lowest BCUT2D eigenvalue weighted by Crippen LogP contribution is -2.10. The zero-order valence-electron chi connectivity index (χ0n) is 28.9. The second-order valence-corrected chi connectivity index (χ2v) is 13.8. The quantitative estimate of drug-likeness (QED) is 0.166. The van der Waals surface area contributed by atoms with E-state index >= 15 is 0 Å². The molecule has 2 heterocycles. The van der Waals surface area contributed by atoms with Crippen LogP contribution in [0.2, 0.25) is 0 Å². The third kappa shape index (κ3) is 4.61. The summed E-state index contributed by atoms with van der Waals surface area (Å²) < 4.78 is 4.80. The van der Waals surface area contributed by atoms with Crippen molar-refractivity contribution in [3.8, 4) is 11.4 Å². The number of aromatic nitrogens is 2. The van der Waals surface area contributed by atoms with Crippen LogP contribution in [-0.4, -0.2) is 9.13 Å². The summed E-state index contributed by atoms with van der Waals surface area (Å²) in [5, 5.41) is 10.1. The highest BCUT2D eigenvalue weighted by atomic mass is 15.1. The number of hydrogen-bond donors (Lipinski definition) is 0. The van der Waals surface area contributed by atoms with Crippen LogP contribution in [-0.2, 0) is 0 Å². The Labute approximate surface area is 306 Å². The van der Waals surface area contributed by atoms with E-state index in [0.29, 0.717) is 0 Å². The maximum absolute atomic E-state index is 2.43. The molecule has 0 atom stereocenters. The van der Waals surface area contributed by atoms with Gasteiger partial charge >= 0.3 is 0 Å². The van der Waals surface area contributed by atoms with E-state index in [1.165, 1.54) is 65.2 Å². The van der Waals surface area contributed by atoms with Crippen molar-refractivity contribution >= 4 is 82.2 Å². The number of nitrogens with zero attached hydrogens (tertiary/aromatic N) is 3. The maximum Gasteiger partial charge on any atom is 0.0561 e. The number of para-hydroxylation sites is 4. The predicted molar refractivity (Wildman–Crippen MR) is 225 cm³/mol. The Morgan fingerprint density at radius 2 is 0.717 bits per heavy atom. The Kier molecular flexibility index (Phi) is 6.55. The Hall–Kier alpha value is -7.10. The van der Waals surface area contributed by atoms with Crippen LogP contribution in [0.15, 0.2) is 200 Å². The molecule has 0 aliphatic carbocycles. The summed E-state index contributed by atoms with van der Waals surface area (Å²) in [6, 6.07) is 72.7. The highest BCUT2D eigenvalue weighted by Gasteiger charge is 2.19. The number of benzene rings is 9. The number of hydrogen-bond acceptors (Lipinski definition) is 1. The van der Waals surface area contributed by atoms with E-state index in [1.54, 1.807) is 0 Å². The largest absolute Gasteiger partial charge is 0.310 e. The lowest BCUT2D eigenvalue weighted by molar-refractivity contribution is 1.17. The summed E-state index contributed by atoms with van der Waals surface area (Å²) in [5.41, 5.74) is 10.4. The summed E-state index contributed by atoms with van der Waals surface area (Å²) in [5.74, 6) is 0. The van der Waals surface area contributed by atoms with E-state index in [0.717, 1.165) is 28.4 Å². The van der Waals surface area contributed by atoms with Crippen molar-refractivity contribution in [1.82, 2.24) is 9.13 Å². The van der Waals surface area contributed by atoms with Crippen molar-refractivity contribution in [3.05, 3.63) is 200 Å². The van der Waals surface area contributed by atoms with E-state index in [9.17, 15) is 0 Å². The fourth-order valence-corrected chi connectivity index (χ4v) is 8.49. The van der Waals surface area contributed by atoms with Crippen LogP contribution in [0.5, 0.6) is 0 Å². The van der Waals surface area contributed by atoms with Gasteiger partial charge in [-0.25, -0.2) is 0 Å². The molecule has 3 heteroatoms. The monoisotopic (exact) mass is 675 g/mol. The summed E-state index contributed by atoms with van der Waals surface area (Å²) >= 11 is 0. The van der Waals surface area contributed by atoms with Crippen molar-refractivity contribution in [2.75, 3.05) is 4.90 Å². The highest BCUT2D eigenvalue weighted by molar-refractivity contribution is 6.12. The molecule has 11 aromatic rings. The van der Waals surface area contributed by atoms with Gasteiger partial charge in [0.15, 0.2) is 0 Å². The zero-order chi connectivity index (χ0) is 34.9. The van der Waals surface area contributed by atoms with Crippen molar-refractivity contribution in [3.63, 3.8) is 0 Å². The topological polar surface area (TPSA) is 13.1 Å². The van der Waals surface area contributed by atoms with E-state index in [1.807, 2.05) is 0 Å². The van der Waals surface area contributed by atoms with Crippen molar-refractivity contribution in [1.29, 1.82) is 0 Å². The van der Waals surface area contributed by atoms with Crippen LogP contribution in [0.1, 0.15) is 0 Å². The SMILES string of the molecule is c1ccc(N(c2ccc(-n3c4ccccc4c4ccccc43)cc2)c2ccc3c4ccccc4n(-c4ccc5c(ccc6ccccc65)c4)c3c2)cc1. The lowest BCUT2D eigenvalue weighted by Gasteiger charge is -2.26. The van der Waals surface area contributed by atoms with Crippen molar-refractivity contribution in [2.24, 2.45) is 0 Å². The summed E-state index contributed by atoms with van der Waals surface area (Å²) in [6.07, 6.45) is 0. The number of fused-ring (bicyclic) bond motifs is 9.